The van der Waals surface area contributed by atoms with Gasteiger partial charge in [0.15, 0.2) is 18.5 Å². The number of rotatable bonds is 38. The van der Waals surface area contributed by atoms with Gasteiger partial charge in [-0.05, 0) is 77.0 Å². The SMILES string of the molecule is CCCCC/C=C\C/C=C\CCCCCCCCCC(=O)OCC(COC1OC(C(=O)O)C(O)C(O)C1O)OC(=O)CCCCCCC/C=C\C/C=C\CCCCCC. The molecule has 1 aliphatic heterocycles. The molecule has 0 radical (unpaired) electrons. The lowest BCUT2D eigenvalue weighted by Crippen LogP contribution is -2.60. The molecule has 1 heterocycles. The van der Waals surface area contributed by atoms with E-state index in [9.17, 15) is 34.8 Å². The molecule has 6 atom stereocenters. The molecule has 340 valence electrons. The van der Waals surface area contributed by atoms with Crippen molar-refractivity contribution in [2.75, 3.05) is 13.2 Å². The largest absolute Gasteiger partial charge is 0.479 e. The molecule has 0 aromatic carbocycles. The Labute approximate surface area is 356 Å². The van der Waals surface area contributed by atoms with Crippen LogP contribution < -0.4 is 0 Å². The number of aliphatic carboxylic acids is 1. The number of esters is 2. The van der Waals surface area contributed by atoms with Crippen molar-refractivity contribution in [3.63, 3.8) is 0 Å². The Balaban J connectivity index is 2.38. The first-order chi connectivity index (χ1) is 28.7. The summed E-state index contributed by atoms with van der Waals surface area (Å²) in [6.07, 6.45) is 35.8. The molecular formula is C48H82O11. The quantitative estimate of drug-likeness (QED) is 0.0265. The second kappa shape index (κ2) is 38.1. The predicted octanol–water partition coefficient (Wildman–Crippen LogP) is 10.1. The first-order valence-corrected chi connectivity index (χ1v) is 23.2. The van der Waals surface area contributed by atoms with Gasteiger partial charge in [0.25, 0.3) is 0 Å². The van der Waals surface area contributed by atoms with Crippen molar-refractivity contribution in [3.8, 4) is 0 Å². The zero-order chi connectivity index (χ0) is 43.2. The van der Waals surface area contributed by atoms with Crippen LogP contribution in [-0.4, -0.2) is 88.4 Å². The number of carbonyl (C=O) groups is 3. The molecule has 1 saturated heterocycles. The van der Waals surface area contributed by atoms with Gasteiger partial charge in [0.1, 0.15) is 24.9 Å². The van der Waals surface area contributed by atoms with E-state index < -0.39 is 61.3 Å². The maximum Gasteiger partial charge on any atom is 0.335 e. The molecule has 0 aromatic rings. The van der Waals surface area contributed by atoms with Gasteiger partial charge < -0.3 is 39.4 Å². The van der Waals surface area contributed by atoms with Gasteiger partial charge in [0.2, 0.25) is 0 Å². The normalized spacial score (nSPS) is 20.3. The molecule has 0 spiro atoms. The highest BCUT2D eigenvalue weighted by atomic mass is 16.7. The number of allylic oxidation sites excluding steroid dienone is 8. The van der Waals surface area contributed by atoms with Crippen LogP contribution in [0.2, 0.25) is 0 Å². The fraction of sp³-hybridized carbons (Fsp3) is 0.771. The van der Waals surface area contributed by atoms with Crippen molar-refractivity contribution in [1.82, 2.24) is 0 Å². The number of unbranched alkanes of at least 4 members (excludes halogenated alkanes) is 19. The molecule has 0 aliphatic carbocycles. The third kappa shape index (κ3) is 29.9. The lowest BCUT2D eigenvalue weighted by molar-refractivity contribution is -0.298. The van der Waals surface area contributed by atoms with Gasteiger partial charge in [-0.25, -0.2) is 4.79 Å². The lowest BCUT2D eigenvalue weighted by atomic mass is 9.99. The zero-order valence-electron chi connectivity index (χ0n) is 36.7. The van der Waals surface area contributed by atoms with E-state index in [0.717, 1.165) is 77.0 Å². The Hall–Kier alpha value is -2.83. The molecule has 11 nitrogen and oxygen atoms in total. The summed E-state index contributed by atoms with van der Waals surface area (Å²) in [5, 5.41) is 39.8. The average Bonchev–Trinajstić information content (AvgIpc) is 3.22. The van der Waals surface area contributed by atoms with E-state index in [1.54, 1.807) is 0 Å². The maximum atomic E-state index is 12.8. The standard InChI is InChI=1S/C48H82O11/c1-3-5-7-9-11-13-15-17-19-21-23-24-26-28-30-32-34-36-41(49)56-38-40(39-57-48-45(53)43(51)44(52)46(59-48)47(54)55)58-42(50)37-35-33-31-29-27-25-22-20-18-16-14-12-10-8-6-4-2/h11,13-14,16-17,19-20,22,40,43-46,48,51-53H,3-10,12,15,18,21,23-39H2,1-2H3,(H,54,55)/b13-11-,16-14-,19-17-,22-20-. The minimum Gasteiger partial charge on any atom is -0.479 e. The molecule has 59 heavy (non-hydrogen) atoms. The molecule has 1 fully saturated rings. The molecule has 0 bridgehead atoms. The minimum absolute atomic E-state index is 0.164. The topological polar surface area (TPSA) is 169 Å². The molecule has 0 aromatic heterocycles. The van der Waals surface area contributed by atoms with Gasteiger partial charge in [-0.3, -0.25) is 9.59 Å². The van der Waals surface area contributed by atoms with Crippen LogP contribution in [0.3, 0.4) is 0 Å². The lowest BCUT2D eigenvalue weighted by Gasteiger charge is -2.38. The summed E-state index contributed by atoms with van der Waals surface area (Å²) in [7, 11) is 0. The number of aliphatic hydroxyl groups excluding tert-OH is 3. The first-order valence-electron chi connectivity index (χ1n) is 23.2. The highest BCUT2D eigenvalue weighted by Gasteiger charge is 2.47. The number of hydrogen-bond acceptors (Lipinski definition) is 10. The summed E-state index contributed by atoms with van der Waals surface area (Å²) in [5.74, 6) is -2.47. The molecule has 6 unspecified atom stereocenters. The Morgan fingerprint density at radius 1 is 0.525 bits per heavy atom. The van der Waals surface area contributed by atoms with E-state index in [4.69, 9.17) is 18.9 Å². The number of aliphatic hydroxyl groups is 3. The van der Waals surface area contributed by atoms with E-state index in [1.165, 1.54) is 70.6 Å². The van der Waals surface area contributed by atoms with Gasteiger partial charge in [-0.15, -0.1) is 0 Å². The molecule has 0 amide bonds. The molecule has 11 heteroatoms. The second-order valence-electron chi connectivity index (χ2n) is 15.9. The van der Waals surface area contributed by atoms with Crippen LogP contribution in [0.4, 0.5) is 0 Å². The van der Waals surface area contributed by atoms with Crippen LogP contribution in [0, 0.1) is 0 Å². The van der Waals surface area contributed by atoms with E-state index in [2.05, 4.69) is 62.5 Å². The highest BCUT2D eigenvalue weighted by Crippen LogP contribution is 2.23. The van der Waals surface area contributed by atoms with Crippen molar-refractivity contribution in [2.45, 2.75) is 224 Å². The monoisotopic (exact) mass is 835 g/mol. The van der Waals surface area contributed by atoms with Gasteiger partial charge in [0.05, 0.1) is 6.61 Å². The summed E-state index contributed by atoms with van der Waals surface area (Å²) in [6, 6.07) is 0. The van der Waals surface area contributed by atoms with Crippen molar-refractivity contribution in [3.05, 3.63) is 48.6 Å². The third-order valence-corrected chi connectivity index (χ3v) is 10.4. The molecule has 4 N–H and O–H groups in total. The molecular weight excluding hydrogens is 753 g/mol. The Morgan fingerprint density at radius 3 is 1.44 bits per heavy atom. The van der Waals surface area contributed by atoms with Crippen molar-refractivity contribution in [2.24, 2.45) is 0 Å². The Kier molecular flexibility index (Phi) is 35.0. The number of carbonyl (C=O) groups excluding carboxylic acids is 2. The van der Waals surface area contributed by atoms with Gasteiger partial charge in [-0.1, -0.05) is 146 Å². The van der Waals surface area contributed by atoms with E-state index in [0.29, 0.717) is 12.8 Å². The summed E-state index contributed by atoms with van der Waals surface area (Å²) < 4.78 is 21.7. The first kappa shape index (κ1) is 54.2. The second-order valence-corrected chi connectivity index (χ2v) is 15.9. The maximum absolute atomic E-state index is 12.8. The highest BCUT2D eigenvalue weighted by molar-refractivity contribution is 5.73. The molecule has 1 aliphatic rings. The van der Waals surface area contributed by atoms with E-state index in [-0.39, 0.29) is 19.4 Å². The van der Waals surface area contributed by atoms with Crippen LogP contribution in [0.1, 0.15) is 187 Å². The van der Waals surface area contributed by atoms with Crippen molar-refractivity contribution >= 4 is 17.9 Å². The van der Waals surface area contributed by atoms with E-state index >= 15 is 0 Å². The van der Waals surface area contributed by atoms with Crippen molar-refractivity contribution < 1.29 is 53.8 Å². The average molecular weight is 835 g/mol. The summed E-state index contributed by atoms with van der Waals surface area (Å²) in [4.78, 5) is 36.9. The summed E-state index contributed by atoms with van der Waals surface area (Å²) >= 11 is 0. The van der Waals surface area contributed by atoms with Gasteiger partial charge in [-0.2, -0.15) is 0 Å². The number of carboxylic acids is 1. The fourth-order valence-electron chi connectivity index (χ4n) is 6.70. The Morgan fingerprint density at radius 2 is 0.949 bits per heavy atom. The smallest absolute Gasteiger partial charge is 0.335 e. The zero-order valence-corrected chi connectivity index (χ0v) is 36.7. The predicted molar refractivity (Wildman–Crippen MR) is 234 cm³/mol. The number of carboxylic acid groups (broad SMARTS) is 1. The van der Waals surface area contributed by atoms with Gasteiger partial charge in [0, 0.05) is 12.8 Å². The minimum atomic E-state index is -1.87. The molecule has 0 saturated carbocycles. The van der Waals surface area contributed by atoms with Crippen LogP contribution in [0.25, 0.3) is 0 Å². The summed E-state index contributed by atoms with van der Waals surface area (Å²) in [6.45, 7) is 3.75. The summed E-state index contributed by atoms with van der Waals surface area (Å²) in [5.41, 5.74) is 0. The van der Waals surface area contributed by atoms with Crippen LogP contribution >= 0.6 is 0 Å². The number of ether oxygens (including phenoxy) is 4. The van der Waals surface area contributed by atoms with E-state index in [1.807, 2.05) is 0 Å². The van der Waals surface area contributed by atoms with Crippen LogP contribution in [0.5, 0.6) is 0 Å². The third-order valence-electron chi connectivity index (χ3n) is 10.4. The van der Waals surface area contributed by atoms with Crippen LogP contribution in [0.15, 0.2) is 48.6 Å². The van der Waals surface area contributed by atoms with Crippen LogP contribution in [-0.2, 0) is 33.3 Å². The molecule has 1 rings (SSSR count). The van der Waals surface area contributed by atoms with Crippen molar-refractivity contribution in [1.29, 1.82) is 0 Å². The fourth-order valence-corrected chi connectivity index (χ4v) is 6.70. The Bertz CT molecular complexity index is 1170. The van der Waals surface area contributed by atoms with Gasteiger partial charge >= 0.3 is 17.9 Å². The number of hydrogen-bond donors (Lipinski definition) is 4.